The molecular weight excluding hydrogens is 512 g/mol. The number of methoxy groups -OCH3 is 1. The zero-order chi connectivity index (χ0) is 26.2. The highest BCUT2D eigenvalue weighted by molar-refractivity contribution is 6.34. The van der Waals surface area contributed by atoms with Crippen LogP contribution in [0.2, 0.25) is 10.0 Å². The lowest BCUT2D eigenvalue weighted by atomic mass is 9.57. The lowest BCUT2D eigenvalue weighted by molar-refractivity contribution is -0.0594. The summed E-state index contributed by atoms with van der Waals surface area (Å²) in [5.74, 6) is -0.201. The summed E-state index contributed by atoms with van der Waals surface area (Å²) in [7, 11) is 1.28. The quantitative estimate of drug-likeness (QED) is 0.298. The number of ether oxygens (including phenoxy) is 2. The zero-order valence-corrected chi connectivity index (χ0v) is 23.2. The van der Waals surface area contributed by atoms with Crippen molar-refractivity contribution in [2.45, 2.75) is 70.4 Å². The van der Waals surface area contributed by atoms with Crippen LogP contribution in [-0.4, -0.2) is 37.7 Å². The summed E-state index contributed by atoms with van der Waals surface area (Å²) in [6.07, 6.45) is 8.00. The van der Waals surface area contributed by atoms with E-state index in [2.05, 4.69) is 11.8 Å². The molecule has 37 heavy (non-hydrogen) atoms. The van der Waals surface area contributed by atoms with Gasteiger partial charge in [0, 0.05) is 22.7 Å². The Morgan fingerprint density at radius 1 is 1.11 bits per heavy atom. The van der Waals surface area contributed by atoms with Crippen molar-refractivity contribution >= 4 is 29.2 Å². The SMILES string of the molecule is CCC(c1cc(Cl)cc(Cl)c1)N1CCC2(CC1)CC(COCc1cc(F)c(C(=O)OC)cc1C1CC1)C2. The number of halogens is 3. The lowest BCUT2D eigenvalue weighted by Crippen LogP contribution is -2.48. The van der Waals surface area contributed by atoms with Gasteiger partial charge in [0.05, 0.1) is 19.3 Å². The first kappa shape index (κ1) is 26.9. The van der Waals surface area contributed by atoms with Crippen molar-refractivity contribution in [3.05, 3.63) is 68.4 Å². The van der Waals surface area contributed by atoms with Crippen LogP contribution < -0.4 is 0 Å². The Balaban J connectivity index is 1.11. The molecule has 1 saturated heterocycles. The van der Waals surface area contributed by atoms with Gasteiger partial charge in [-0.1, -0.05) is 30.1 Å². The van der Waals surface area contributed by atoms with E-state index in [1.807, 2.05) is 12.1 Å². The van der Waals surface area contributed by atoms with Crippen LogP contribution >= 0.6 is 23.2 Å². The van der Waals surface area contributed by atoms with E-state index < -0.39 is 11.8 Å². The minimum atomic E-state index is -0.626. The first-order chi connectivity index (χ1) is 17.8. The molecule has 0 aromatic heterocycles. The van der Waals surface area contributed by atoms with Crippen LogP contribution in [0, 0.1) is 17.2 Å². The highest BCUT2D eigenvalue weighted by Crippen LogP contribution is 2.53. The summed E-state index contributed by atoms with van der Waals surface area (Å²) in [5.41, 5.74) is 3.55. The third-order valence-corrected chi connectivity index (χ3v) is 9.10. The molecule has 0 radical (unpaired) electrons. The summed E-state index contributed by atoms with van der Waals surface area (Å²) in [4.78, 5) is 14.5. The van der Waals surface area contributed by atoms with Crippen LogP contribution in [0.1, 0.15) is 90.9 Å². The van der Waals surface area contributed by atoms with Gasteiger partial charge in [0.15, 0.2) is 0 Å². The van der Waals surface area contributed by atoms with E-state index in [4.69, 9.17) is 32.7 Å². The maximum Gasteiger partial charge on any atom is 0.340 e. The lowest BCUT2D eigenvalue weighted by Gasteiger charge is -2.53. The summed E-state index contributed by atoms with van der Waals surface area (Å²) in [6.45, 7) is 5.50. The monoisotopic (exact) mass is 547 g/mol. The average molecular weight is 549 g/mol. The van der Waals surface area contributed by atoms with Gasteiger partial charge in [0.1, 0.15) is 5.82 Å². The molecule has 0 bridgehead atoms. The number of hydrogen-bond donors (Lipinski definition) is 0. The average Bonchev–Trinajstić information content (AvgIpc) is 3.69. The summed E-state index contributed by atoms with van der Waals surface area (Å²) in [6, 6.07) is 9.37. The molecule has 0 amide bonds. The third-order valence-electron chi connectivity index (χ3n) is 8.66. The Labute approximate surface area is 229 Å². The van der Waals surface area contributed by atoms with Gasteiger partial charge in [-0.05, 0) is 122 Å². The predicted molar refractivity (Wildman–Crippen MR) is 145 cm³/mol. The maximum absolute atomic E-state index is 14.5. The van der Waals surface area contributed by atoms with Gasteiger partial charge >= 0.3 is 5.97 Å². The van der Waals surface area contributed by atoms with Crippen LogP contribution in [0.15, 0.2) is 30.3 Å². The van der Waals surface area contributed by atoms with Crippen LogP contribution in [0.25, 0.3) is 0 Å². The van der Waals surface area contributed by atoms with Crippen LogP contribution in [0.3, 0.4) is 0 Å². The number of nitrogens with zero attached hydrogens (tertiary/aromatic N) is 1. The molecule has 200 valence electrons. The number of hydrogen-bond acceptors (Lipinski definition) is 4. The minimum Gasteiger partial charge on any atom is -0.465 e. The molecule has 4 nitrogen and oxygen atoms in total. The van der Waals surface area contributed by atoms with Gasteiger partial charge in [-0.25, -0.2) is 9.18 Å². The van der Waals surface area contributed by atoms with Crippen molar-refractivity contribution in [1.29, 1.82) is 0 Å². The molecule has 0 N–H and O–H groups in total. The summed E-state index contributed by atoms with van der Waals surface area (Å²) < 4.78 is 25.4. The molecule has 2 aromatic rings. The molecule has 3 aliphatic rings. The van der Waals surface area contributed by atoms with E-state index in [1.165, 1.54) is 44.4 Å². The fourth-order valence-corrected chi connectivity index (χ4v) is 7.15. The molecule has 2 aromatic carbocycles. The normalized spacial score (nSPS) is 20.6. The molecule has 1 aliphatic heterocycles. The van der Waals surface area contributed by atoms with Crippen LogP contribution in [0.4, 0.5) is 4.39 Å². The number of carbonyl (C=O) groups is 1. The van der Waals surface area contributed by atoms with Gasteiger partial charge in [0.2, 0.25) is 0 Å². The first-order valence-corrected chi connectivity index (χ1v) is 14.2. The van der Waals surface area contributed by atoms with Crippen molar-refractivity contribution in [3.8, 4) is 0 Å². The Hall–Kier alpha value is -1.66. The molecule has 1 unspecified atom stereocenters. The van der Waals surface area contributed by atoms with Crippen molar-refractivity contribution < 1.29 is 18.7 Å². The Bertz CT molecular complexity index is 1120. The van der Waals surface area contributed by atoms with E-state index >= 15 is 0 Å². The van der Waals surface area contributed by atoms with Gasteiger partial charge < -0.3 is 9.47 Å². The molecule has 7 heteroatoms. The molecule has 1 atom stereocenters. The van der Waals surface area contributed by atoms with E-state index in [0.717, 1.165) is 43.5 Å². The topological polar surface area (TPSA) is 38.8 Å². The fraction of sp³-hybridized carbons (Fsp3) is 0.567. The van der Waals surface area contributed by atoms with E-state index in [0.29, 0.717) is 46.6 Å². The summed E-state index contributed by atoms with van der Waals surface area (Å²) >= 11 is 12.5. The highest BCUT2D eigenvalue weighted by Gasteiger charge is 2.46. The smallest absolute Gasteiger partial charge is 0.340 e. The minimum absolute atomic E-state index is 0.0178. The Kier molecular flexibility index (Phi) is 8.16. The second-order valence-corrected chi connectivity index (χ2v) is 12.1. The van der Waals surface area contributed by atoms with E-state index in [9.17, 15) is 9.18 Å². The van der Waals surface area contributed by atoms with Crippen LogP contribution in [0.5, 0.6) is 0 Å². The number of esters is 1. The number of carbonyl (C=O) groups excluding carboxylic acids is 1. The number of benzene rings is 2. The van der Waals surface area contributed by atoms with Crippen molar-refractivity contribution in [1.82, 2.24) is 4.90 Å². The van der Waals surface area contributed by atoms with Crippen molar-refractivity contribution in [3.63, 3.8) is 0 Å². The second kappa shape index (κ2) is 11.2. The molecule has 1 spiro atoms. The molecule has 2 aliphatic carbocycles. The summed E-state index contributed by atoms with van der Waals surface area (Å²) in [5, 5.41) is 1.39. The largest absolute Gasteiger partial charge is 0.465 e. The standard InChI is InChI=1S/C30H36Cl2FNO3/c1-3-28(21-10-23(31)13-24(32)11-21)34-8-6-30(7-9-34)15-19(16-30)17-37-18-22-12-27(33)26(29(35)36-2)14-25(22)20-4-5-20/h10-14,19-20,28H,3-9,15-18H2,1-2H3. The van der Waals surface area contributed by atoms with E-state index in [-0.39, 0.29) is 5.56 Å². The van der Waals surface area contributed by atoms with Gasteiger partial charge in [-0.2, -0.15) is 0 Å². The maximum atomic E-state index is 14.5. The predicted octanol–water partition coefficient (Wildman–Crippen LogP) is 7.96. The molecule has 5 rings (SSSR count). The van der Waals surface area contributed by atoms with Crippen molar-refractivity contribution in [2.24, 2.45) is 11.3 Å². The van der Waals surface area contributed by atoms with E-state index in [1.54, 1.807) is 12.1 Å². The molecule has 2 saturated carbocycles. The second-order valence-electron chi connectivity index (χ2n) is 11.2. The third kappa shape index (κ3) is 6.00. The fourth-order valence-electron chi connectivity index (χ4n) is 6.61. The van der Waals surface area contributed by atoms with Crippen molar-refractivity contribution in [2.75, 3.05) is 26.8 Å². The molecular formula is C30H36Cl2FNO3. The first-order valence-electron chi connectivity index (χ1n) is 13.5. The van der Waals surface area contributed by atoms with Gasteiger partial charge in [0.25, 0.3) is 0 Å². The van der Waals surface area contributed by atoms with Crippen LogP contribution in [-0.2, 0) is 16.1 Å². The Morgan fingerprint density at radius 3 is 2.38 bits per heavy atom. The number of rotatable bonds is 9. The van der Waals surface area contributed by atoms with Gasteiger partial charge in [-0.15, -0.1) is 0 Å². The molecule has 1 heterocycles. The highest BCUT2D eigenvalue weighted by atomic mass is 35.5. The Morgan fingerprint density at radius 2 is 1.78 bits per heavy atom. The van der Waals surface area contributed by atoms with Gasteiger partial charge in [-0.3, -0.25) is 4.90 Å². The zero-order valence-electron chi connectivity index (χ0n) is 21.7. The number of piperidine rings is 1. The molecule has 3 fully saturated rings. The number of likely N-dealkylation sites (tertiary alicyclic amines) is 1.